The van der Waals surface area contributed by atoms with Crippen LogP contribution in [0.25, 0.3) is 0 Å². The third-order valence-electron chi connectivity index (χ3n) is 5.46. The molecular formula is C23H30O7S. The third kappa shape index (κ3) is 7.40. The molecule has 0 radical (unpaired) electrons. The van der Waals surface area contributed by atoms with E-state index in [1.807, 2.05) is 6.08 Å². The van der Waals surface area contributed by atoms with Gasteiger partial charge >= 0.3 is 5.97 Å². The molecule has 0 spiro atoms. The molecule has 1 aliphatic carbocycles. The van der Waals surface area contributed by atoms with Crippen molar-refractivity contribution in [2.24, 2.45) is 11.8 Å². The molecule has 0 heterocycles. The molecule has 0 saturated heterocycles. The van der Waals surface area contributed by atoms with Crippen LogP contribution in [0.1, 0.15) is 62.2 Å². The largest absolute Gasteiger partial charge is 0.465 e. The van der Waals surface area contributed by atoms with E-state index in [1.165, 1.54) is 31.2 Å². The number of hydrogen-bond acceptors (Lipinski definition) is 7. The highest BCUT2D eigenvalue weighted by molar-refractivity contribution is 7.86. The van der Waals surface area contributed by atoms with Crippen molar-refractivity contribution in [3.05, 3.63) is 42.0 Å². The summed E-state index contributed by atoms with van der Waals surface area (Å²) >= 11 is 0. The van der Waals surface area contributed by atoms with Crippen molar-refractivity contribution in [2.75, 3.05) is 13.7 Å². The number of ether oxygens (including phenoxy) is 1. The van der Waals surface area contributed by atoms with E-state index in [2.05, 4.69) is 10.8 Å². The predicted molar refractivity (Wildman–Crippen MR) is 115 cm³/mol. The summed E-state index contributed by atoms with van der Waals surface area (Å²) in [6.07, 6.45) is 9.16. The smallest absolute Gasteiger partial charge is 0.339 e. The van der Waals surface area contributed by atoms with Gasteiger partial charge in [0.2, 0.25) is 0 Å². The van der Waals surface area contributed by atoms with Gasteiger partial charge in [-0.25, -0.2) is 4.79 Å². The number of carbonyl (C=O) groups excluding carboxylic acids is 3. The van der Waals surface area contributed by atoms with Crippen molar-refractivity contribution in [3.8, 4) is 0 Å². The Morgan fingerprint density at radius 2 is 1.87 bits per heavy atom. The van der Waals surface area contributed by atoms with Gasteiger partial charge in [-0.3, -0.25) is 13.8 Å². The van der Waals surface area contributed by atoms with Gasteiger partial charge in [0.05, 0.1) is 19.3 Å². The average molecular weight is 451 g/mol. The van der Waals surface area contributed by atoms with Crippen LogP contribution in [0.4, 0.5) is 0 Å². The molecule has 1 aromatic carbocycles. The van der Waals surface area contributed by atoms with Gasteiger partial charge in [-0.2, -0.15) is 8.42 Å². The Balaban J connectivity index is 1.98. The van der Waals surface area contributed by atoms with Crippen LogP contribution >= 0.6 is 0 Å². The monoisotopic (exact) mass is 450 g/mol. The molecular weight excluding hydrogens is 420 g/mol. The number of ketones is 2. The van der Waals surface area contributed by atoms with Crippen molar-refractivity contribution in [1.29, 1.82) is 0 Å². The maximum atomic E-state index is 12.5. The molecule has 1 aromatic rings. The average Bonchev–Trinajstić information content (AvgIpc) is 2.71. The summed E-state index contributed by atoms with van der Waals surface area (Å²) in [5.74, 6) is -1.44. The fourth-order valence-electron chi connectivity index (χ4n) is 3.76. The lowest BCUT2D eigenvalue weighted by Crippen LogP contribution is -2.25. The number of benzene rings is 1. The van der Waals surface area contributed by atoms with Crippen LogP contribution in [-0.4, -0.2) is 39.7 Å². The van der Waals surface area contributed by atoms with Crippen LogP contribution in [0.2, 0.25) is 0 Å². The first kappa shape index (κ1) is 24.9. The van der Waals surface area contributed by atoms with E-state index in [9.17, 15) is 22.8 Å². The summed E-state index contributed by atoms with van der Waals surface area (Å²) in [6, 6.07) is 5.55. The van der Waals surface area contributed by atoms with Crippen molar-refractivity contribution in [1.82, 2.24) is 0 Å². The van der Waals surface area contributed by atoms with Gasteiger partial charge in [0.15, 0.2) is 0 Å². The molecule has 0 aliphatic heterocycles. The van der Waals surface area contributed by atoms with Crippen molar-refractivity contribution >= 4 is 27.7 Å². The maximum Gasteiger partial charge on any atom is 0.339 e. The van der Waals surface area contributed by atoms with Crippen LogP contribution in [0.5, 0.6) is 0 Å². The number of allylic oxidation sites excluding steroid dienone is 2. The SMILES string of the molecule is COC(=O)c1ccccc1S(=O)(=O)OCCC(=O)CC(C(C)=O)C1C=CCCCCC1. The number of Topliss-reactive ketones (excluding diaryl/α,β-unsaturated/α-hetero) is 2. The molecule has 31 heavy (non-hydrogen) atoms. The molecule has 2 rings (SSSR count). The Morgan fingerprint density at radius 1 is 1.13 bits per heavy atom. The number of esters is 1. The summed E-state index contributed by atoms with van der Waals surface area (Å²) < 4.78 is 34.6. The summed E-state index contributed by atoms with van der Waals surface area (Å²) in [5, 5.41) is 0. The van der Waals surface area contributed by atoms with Crippen LogP contribution in [0, 0.1) is 11.8 Å². The zero-order chi connectivity index (χ0) is 22.9. The van der Waals surface area contributed by atoms with Gasteiger partial charge in [0, 0.05) is 18.8 Å². The van der Waals surface area contributed by atoms with Gasteiger partial charge in [0.25, 0.3) is 10.1 Å². The lowest BCUT2D eigenvalue weighted by molar-refractivity contribution is -0.128. The van der Waals surface area contributed by atoms with E-state index in [-0.39, 0.29) is 47.4 Å². The summed E-state index contributed by atoms with van der Waals surface area (Å²) in [6.45, 7) is 1.14. The first-order chi connectivity index (χ1) is 14.8. The molecule has 2 unspecified atom stereocenters. The molecule has 0 fully saturated rings. The van der Waals surface area contributed by atoms with Gasteiger partial charge in [-0.05, 0) is 44.2 Å². The second-order valence-corrected chi connectivity index (χ2v) is 9.29. The first-order valence-electron chi connectivity index (χ1n) is 10.5. The van der Waals surface area contributed by atoms with Crippen LogP contribution in [0.3, 0.4) is 0 Å². The minimum absolute atomic E-state index is 0.0262. The predicted octanol–water partition coefficient (Wildman–Crippen LogP) is 3.87. The zero-order valence-electron chi connectivity index (χ0n) is 18.0. The molecule has 0 aromatic heterocycles. The topological polar surface area (TPSA) is 104 Å². The highest BCUT2D eigenvalue weighted by Gasteiger charge is 2.27. The van der Waals surface area contributed by atoms with E-state index in [1.54, 1.807) is 0 Å². The maximum absolute atomic E-state index is 12.5. The molecule has 8 heteroatoms. The fourth-order valence-corrected chi connectivity index (χ4v) is 4.85. The molecule has 0 saturated carbocycles. The minimum Gasteiger partial charge on any atom is -0.465 e. The quantitative estimate of drug-likeness (QED) is 0.303. The van der Waals surface area contributed by atoms with E-state index in [4.69, 9.17) is 4.18 Å². The van der Waals surface area contributed by atoms with Crippen LogP contribution in [0.15, 0.2) is 41.3 Å². The van der Waals surface area contributed by atoms with E-state index < -0.39 is 22.0 Å². The third-order valence-corrected chi connectivity index (χ3v) is 6.83. The number of carbonyl (C=O) groups is 3. The van der Waals surface area contributed by atoms with E-state index >= 15 is 0 Å². The normalized spacial score (nSPS) is 17.9. The molecule has 0 amide bonds. The number of hydrogen-bond donors (Lipinski definition) is 0. The molecule has 0 bridgehead atoms. The molecule has 170 valence electrons. The van der Waals surface area contributed by atoms with Crippen molar-refractivity contribution < 1.29 is 31.7 Å². The Kier molecular flexibility index (Phi) is 9.58. The Bertz CT molecular complexity index is 918. The first-order valence-corrected chi connectivity index (χ1v) is 11.9. The minimum atomic E-state index is -4.25. The second-order valence-electron chi connectivity index (χ2n) is 7.70. The Hall–Kier alpha value is -2.32. The molecule has 7 nitrogen and oxygen atoms in total. The molecule has 1 aliphatic rings. The van der Waals surface area contributed by atoms with E-state index in [0.717, 1.165) is 39.2 Å². The zero-order valence-corrected chi connectivity index (χ0v) is 18.9. The fraction of sp³-hybridized carbons (Fsp3) is 0.522. The molecule has 2 atom stereocenters. The summed E-state index contributed by atoms with van der Waals surface area (Å²) in [5.41, 5.74) is -0.135. The standard InChI is InChI=1S/C23H30O7S/c1-17(24)21(18-10-6-4-3-5-7-11-18)16-19(25)14-15-30-31(27,28)22-13-9-8-12-20(22)23(26)29-2/h6,8-10,12-13,18,21H,3-5,7,11,14-16H2,1-2H3. The second kappa shape index (κ2) is 11.9. The van der Waals surface area contributed by atoms with Crippen LogP contribution < -0.4 is 0 Å². The lowest BCUT2D eigenvalue weighted by atomic mass is 9.80. The number of rotatable bonds is 10. The summed E-state index contributed by atoms with van der Waals surface area (Å²) in [4.78, 5) is 36.1. The van der Waals surface area contributed by atoms with Gasteiger partial charge in [-0.1, -0.05) is 37.1 Å². The number of methoxy groups -OCH3 is 1. The van der Waals surface area contributed by atoms with Gasteiger partial charge in [-0.15, -0.1) is 0 Å². The Morgan fingerprint density at radius 3 is 2.58 bits per heavy atom. The van der Waals surface area contributed by atoms with Crippen LogP contribution in [-0.2, 0) is 28.6 Å². The van der Waals surface area contributed by atoms with E-state index in [0.29, 0.717) is 0 Å². The van der Waals surface area contributed by atoms with Gasteiger partial charge < -0.3 is 4.74 Å². The highest BCUT2D eigenvalue weighted by Crippen LogP contribution is 2.28. The highest BCUT2D eigenvalue weighted by atomic mass is 32.2. The Labute approximate surface area is 183 Å². The molecule has 0 N–H and O–H groups in total. The van der Waals surface area contributed by atoms with Crippen molar-refractivity contribution in [3.63, 3.8) is 0 Å². The summed E-state index contributed by atoms with van der Waals surface area (Å²) in [7, 11) is -3.09. The lowest BCUT2D eigenvalue weighted by Gasteiger charge is -2.23. The van der Waals surface area contributed by atoms with Gasteiger partial charge in [0.1, 0.15) is 16.5 Å². The van der Waals surface area contributed by atoms with Crippen molar-refractivity contribution in [2.45, 2.75) is 56.8 Å².